The first kappa shape index (κ1) is 14.4. The molecule has 0 fully saturated rings. The Bertz CT molecular complexity index is 207. The van der Waals surface area contributed by atoms with E-state index in [0.29, 0.717) is 6.54 Å². The first-order valence-electron chi connectivity index (χ1n) is 5.44. The van der Waals surface area contributed by atoms with Gasteiger partial charge in [-0.3, -0.25) is 9.59 Å². The molecule has 0 aromatic carbocycles. The van der Waals surface area contributed by atoms with Gasteiger partial charge in [0, 0.05) is 12.5 Å². The van der Waals surface area contributed by atoms with Crippen LogP contribution in [-0.4, -0.2) is 24.1 Å². The Morgan fingerprint density at radius 3 is 2.47 bits per heavy atom. The van der Waals surface area contributed by atoms with Crippen LogP contribution in [0.2, 0.25) is 0 Å². The van der Waals surface area contributed by atoms with Crippen molar-refractivity contribution in [3.63, 3.8) is 0 Å². The lowest BCUT2D eigenvalue weighted by Gasteiger charge is -2.10. The monoisotopic (exact) mass is 233 g/mol. The lowest BCUT2D eigenvalue weighted by molar-refractivity contribution is -0.121. The fraction of sp³-hybridized carbons (Fsp3) is 0.818. The summed E-state index contributed by atoms with van der Waals surface area (Å²) in [5.74, 6) is 0.344. The van der Waals surface area contributed by atoms with E-state index in [1.165, 1.54) is 0 Å². The molecule has 0 saturated carbocycles. The summed E-state index contributed by atoms with van der Waals surface area (Å²) in [5, 5.41) is 2.70. The van der Waals surface area contributed by atoms with Gasteiger partial charge < -0.3 is 5.32 Å². The molecular weight excluding hydrogens is 214 g/mol. The minimum absolute atomic E-state index is 0.0189. The van der Waals surface area contributed by atoms with Crippen molar-refractivity contribution in [3.8, 4) is 0 Å². The van der Waals surface area contributed by atoms with Crippen LogP contribution in [0.1, 0.15) is 39.5 Å². The molecule has 0 aromatic rings. The summed E-state index contributed by atoms with van der Waals surface area (Å²) in [6.07, 6.45) is 3.71. The number of amides is 1. The van der Waals surface area contributed by atoms with Crippen molar-refractivity contribution >= 4 is 23.3 Å². The van der Waals surface area contributed by atoms with E-state index in [1.54, 1.807) is 6.92 Å². The minimum Gasteiger partial charge on any atom is -0.355 e. The summed E-state index contributed by atoms with van der Waals surface area (Å²) in [5.41, 5.74) is 0. The second-order valence-electron chi connectivity index (χ2n) is 3.70. The Balaban J connectivity index is 3.45. The van der Waals surface area contributed by atoms with E-state index < -0.39 is 0 Å². The zero-order chi connectivity index (χ0) is 11.7. The van der Waals surface area contributed by atoms with Gasteiger partial charge in [0.05, 0.1) is 0 Å². The van der Waals surface area contributed by atoms with E-state index in [2.05, 4.69) is 5.32 Å². The molecule has 0 heterocycles. The molecule has 0 aromatic heterocycles. The predicted octanol–water partition coefficient (Wildman–Crippen LogP) is 2.13. The summed E-state index contributed by atoms with van der Waals surface area (Å²) in [6.45, 7) is 4.32. The first-order chi connectivity index (χ1) is 7.11. The lowest BCUT2D eigenvalue weighted by Crippen LogP contribution is -2.25. The van der Waals surface area contributed by atoms with Crippen LogP contribution in [-0.2, 0) is 9.59 Å². The second kappa shape index (κ2) is 8.72. The highest BCUT2D eigenvalue weighted by Crippen LogP contribution is 2.12. The number of alkyl halides is 1. The molecule has 0 aliphatic rings. The van der Waals surface area contributed by atoms with Crippen molar-refractivity contribution in [3.05, 3.63) is 0 Å². The summed E-state index contributed by atoms with van der Waals surface area (Å²) < 4.78 is 0. The van der Waals surface area contributed by atoms with Crippen LogP contribution in [0.5, 0.6) is 0 Å². The van der Waals surface area contributed by atoms with E-state index in [9.17, 15) is 9.59 Å². The van der Waals surface area contributed by atoms with Gasteiger partial charge in [0.1, 0.15) is 11.7 Å². The van der Waals surface area contributed by atoms with E-state index >= 15 is 0 Å². The van der Waals surface area contributed by atoms with Crippen LogP contribution in [0.3, 0.4) is 0 Å². The van der Waals surface area contributed by atoms with Crippen molar-refractivity contribution < 1.29 is 9.59 Å². The molecule has 1 N–H and O–H groups in total. The normalized spacial score (nSPS) is 12.2. The van der Waals surface area contributed by atoms with E-state index in [4.69, 9.17) is 11.6 Å². The van der Waals surface area contributed by atoms with Crippen LogP contribution in [0.25, 0.3) is 0 Å². The van der Waals surface area contributed by atoms with Gasteiger partial charge in [0.25, 0.3) is 0 Å². The zero-order valence-corrected chi connectivity index (χ0v) is 10.3. The molecule has 1 unspecified atom stereocenters. The molecule has 0 spiro atoms. The predicted molar refractivity (Wildman–Crippen MR) is 62.0 cm³/mol. The number of ketones is 1. The van der Waals surface area contributed by atoms with E-state index in [1.807, 2.05) is 6.92 Å². The molecule has 0 rings (SSSR count). The van der Waals surface area contributed by atoms with E-state index in [0.717, 1.165) is 25.7 Å². The first-order valence-corrected chi connectivity index (χ1v) is 5.98. The summed E-state index contributed by atoms with van der Waals surface area (Å²) in [7, 11) is 0. The molecule has 0 radical (unpaired) electrons. The Morgan fingerprint density at radius 1 is 1.33 bits per heavy atom. The maximum Gasteiger partial charge on any atom is 0.234 e. The van der Waals surface area contributed by atoms with Gasteiger partial charge in [-0.25, -0.2) is 0 Å². The minimum atomic E-state index is -0.129. The highest BCUT2D eigenvalue weighted by atomic mass is 35.5. The molecule has 15 heavy (non-hydrogen) atoms. The number of rotatable bonds is 8. The fourth-order valence-corrected chi connectivity index (χ4v) is 1.58. The Kier molecular flexibility index (Phi) is 8.38. The third kappa shape index (κ3) is 7.37. The van der Waals surface area contributed by atoms with Crippen molar-refractivity contribution in [2.75, 3.05) is 12.4 Å². The number of unbranched alkanes of at least 4 members (excludes halogenated alkanes) is 1. The Labute approximate surface area is 96.6 Å². The number of hydrogen-bond donors (Lipinski definition) is 1. The van der Waals surface area contributed by atoms with Crippen LogP contribution >= 0.6 is 11.6 Å². The molecule has 4 heteroatoms. The van der Waals surface area contributed by atoms with Gasteiger partial charge in [-0.05, 0) is 26.2 Å². The SMILES string of the molecule is CCC(CCCCNC(=O)CCl)C(C)=O. The number of hydrogen-bond acceptors (Lipinski definition) is 2. The molecule has 88 valence electrons. The highest BCUT2D eigenvalue weighted by molar-refractivity contribution is 6.27. The maximum absolute atomic E-state index is 11.1. The Morgan fingerprint density at radius 2 is 2.00 bits per heavy atom. The van der Waals surface area contributed by atoms with Crippen LogP contribution in [0, 0.1) is 5.92 Å². The summed E-state index contributed by atoms with van der Waals surface area (Å²) >= 11 is 5.32. The average molecular weight is 234 g/mol. The highest BCUT2D eigenvalue weighted by Gasteiger charge is 2.10. The largest absolute Gasteiger partial charge is 0.355 e. The topological polar surface area (TPSA) is 46.2 Å². The van der Waals surface area contributed by atoms with E-state index in [-0.39, 0.29) is 23.5 Å². The molecule has 3 nitrogen and oxygen atoms in total. The Hall–Kier alpha value is -0.570. The number of nitrogens with one attached hydrogen (secondary N) is 1. The molecule has 1 amide bonds. The third-order valence-electron chi connectivity index (χ3n) is 2.49. The third-order valence-corrected chi connectivity index (χ3v) is 2.73. The average Bonchev–Trinajstić information content (AvgIpc) is 2.22. The van der Waals surface area contributed by atoms with Gasteiger partial charge in [-0.1, -0.05) is 13.3 Å². The molecule has 0 bridgehead atoms. The standard InChI is InChI=1S/C11H20ClNO2/c1-3-10(9(2)14)6-4-5-7-13-11(15)8-12/h10H,3-8H2,1-2H3,(H,13,15). The fourth-order valence-electron chi connectivity index (χ4n) is 1.49. The van der Waals surface area contributed by atoms with Gasteiger partial charge in [0.15, 0.2) is 0 Å². The molecule has 1 atom stereocenters. The zero-order valence-electron chi connectivity index (χ0n) is 9.51. The van der Waals surface area contributed by atoms with Gasteiger partial charge in [-0.2, -0.15) is 0 Å². The van der Waals surface area contributed by atoms with Crippen LogP contribution in [0.15, 0.2) is 0 Å². The summed E-state index contributed by atoms with van der Waals surface area (Å²) in [4.78, 5) is 21.9. The molecular formula is C11H20ClNO2. The molecule has 0 aliphatic heterocycles. The van der Waals surface area contributed by atoms with Gasteiger partial charge >= 0.3 is 0 Å². The lowest BCUT2D eigenvalue weighted by atomic mass is 9.95. The van der Waals surface area contributed by atoms with Crippen molar-refractivity contribution in [2.24, 2.45) is 5.92 Å². The van der Waals surface area contributed by atoms with Gasteiger partial charge in [-0.15, -0.1) is 11.6 Å². The quantitative estimate of drug-likeness (QED) is 0.516. The van der Waals surface area contributed by atoms with Crippen LogP contribution < -0.4 is 5.32 Å². The summed E-state index contributed by atoms with van der Waals surface area (Å²) in [6, 6.07) is 0. The number of carbonyl (C=O) groups excluding carboxylic acids is 2. The molecule has 0 aliphatic carbocycles. The van der Waals surface area contributed by atoms with Gasteiger partial charge in [0.2, 0.25) is 5.91 Å². The smallest absolute Gasteiger partial charge is 0.234 e. The number of halogens is 1. The van der Waals surface area contributed by atoms with Crippen molar-refractivity contribution in [1.82, 2.24) is 5.32 Å². The molecule has 0 saturated heterocycles. The van der Waals surface area contributed by atoms with Crippen molar-refractivity contribution in [1.29, 1.82) is 0 Å². The number of carbonyl (C=O) groups is 2. The van der Waals surface area contributed by atoms with Crippen LogP contribution in [0.4, 0.5) is 0 Å². The second-order valence-corrected chi connectivity index (χ2v) is 3.96. The maximum atomic E-state index is 11.1. The van der Waals surface area contributed by atoms with Crippen molar-refractivity contribution in [2.45, 2.75) is 39.5 Å². The number of Topliss-reactive ketones (excluding diaryl/α,β-unsaturated/α-hetero) is 1.